The molecule has 2 aliphatic heterocycles. The quantitative estimate of drug-likeness (QED) is 0.604. The van der Waals surface area contributed by atoms with E-state index in [9.17, 15) is 9.90 Å². The van der Waals surface area contributed by atoms with Crippen LogP contribution in [-0.2, 0) is 4.79 Å². The van der Waals surface area contributed by atoms with E-state index in [2.05, 4.69) is 6.58 Å². The van der Waals surface area contributed by atoms with E-state index in [0.29, 0.717) is 0 Å². The van der Waals surface area contributed by atoms with Crippen LogP contribution in [0.5, 0.6) is 0 Å². The first kappa shape index (κ1) is 8.75. The van der Waals surface area contributed by atoms with Crippen molar-refractivity contribution in [3.8, 4) is 0 Å². The van der Waals surface area contributed by atoms with Crippen LogP contribution in [0.3, 0.4) is 0 Å². The number of fused-ring (bicyclic) bond motifs is 2. The zero-order valence-corrected chi connectivity index (χ0v) is 7.65. The summed E-state index contributed by atoms with van der Waals surface area (Å²) in [4.78, 5) is 13.4. The maximum Gasteiger partial charge on any atom is 0.246 e. The predicted octanol–water partition coefficient (Wildman–Crippen LogP) is 0.687. The van der Waals surface area contributed by atoms with E-state index in [0.717, 1.165) is 25.7 Å². The molecule has 2 heterocycles. The van der Waals surface area contributed by atoms with Gasteiger partial charge in [0.15, 0.2) is 0 Å². The van der Waals surface area contributed by atoms with Gasteiger partial charge in [-0.3, -0.25) is 4.79 Å². The summed E-state index contributed by atoms with van der Waals surface area (Å²) in [5.74, 6) is 0.0272. The minimum Gasteiger partial charge on any atom is -0.393 e. The Balaban J connectivity index is 2.14. The van der Waals surface area contributed by atoms with Gasteiger partial charge >= 0.3 is 0 Å². The van der Waals surface area contributed by atoms with E-state index in [-0.39, 0.29) is 24.1 Å². The second-order valence-corrected chi connectivity index (χ2v) is 3.96. The molecule has 0 aliphatic carbocycles. The molecule has 2 fully saturated rings. The van der Waals surface area contributed by atoms with Gasteiger partial charge in [-0.15, -0.1) is 0 Å². The van der Waals surface area contributed by atoms with E-state index < -0.39 is 0 Å². The molecule has 0 aromatic carbocycles. The molecular weight excluding hydrogens is 166 g/mol. The smallest absolute Gasteiger partial charge is 0.246 e. The first-order valence-corrected chi connectivity index (χ1v) is 4.85. The zero-order valence-electron chi connectivity index (χ0n) is 7.65. The molecule has 0 aromatic heterocycles. The summed E-state index contributed by atoms with van der Waals surface area (Å²) in [5.41, 5.74) is 0. The summed E-state index contributed by atoms with van der Waals surface area (Å²) in [5, 5.41) is 9.50. The highest BCUT2D eigenvalue weighted by molar-refractivity contribution is 5.87. The van der Waals surface area contributed by atoms with Gasteiger partial charge < -0.3 is 10.0 Å². The number of aliphatic hydroxyl groups excluding tert-OH is 1. The monoisotopic (exact) mass is 181 g/mol. The fraction of sp³-hybridized carbons (Fsp3) is 0.700. The van der Waals surface area contributed by atoms with Crippen molar-refractivity contribution in [3.63, 3.8) is 0 Å². The zero-order chi connectivity index (χ0) is 9.42. The Kier molecular flexibility index (Phi) is 2.12. The third-order valence-electron chi connectivity index (χ3n) is 3.14. The molecule has 1 N–H and O–H groups in total. The Bertz CT molecular complexity index is 225. The maximum atomic E-state index is 11.5. The van der Waals surface area contributed by atoms with Crippen molar-refractivity contribution in [2.75, 3.05) is 0 Å². The molecule has 3 heteroatoms. The fourth-order valence-corrected chi connectivity index (χ4v) is 2.61. The lowest BCUT2D eigenvalue weighted by atomic mass is 10.00. The minimum absolute atomic E-state index is 0.0272. The Morgan fingerprint density at radius 3 is 2.38 bits per heavy atom. The highest BCUT2D eigenvalue weighted by Crippen LogP contribution is 2.35. The van der Waals surface area contributed by atoms with Gasteiger partial charge in [-0.1, -0.05) is 6.58 Å². The molecule has 3 nitrogen and oxygen atoms in total. The van der Waals surface area contributed by atoms with Crippen molar-refractivity contribution < 1.29 is 9.90 Å². The van der Waals surface area contributed by atoms with E-state index in [1.165, 1.54) is 6.08 Å². The number of rotatable bonds is 1. The molecule has 2 rings (SSSR count). The van der Waals surface area contributed by atoms with Gasteiger partial charge in [-0.25, -0.2) is 0 Å². The number of carbonyl (C=O) groups is 1. The fourth-order valence-electron chi connectivity index (χ4n) is 2.61. The van der Waals surface area contributed by atoms with Crippen LogP contribution in [0.1, 0.15) is 25.7 Å². The summed E-state index contributed by atoms with van der Waals surface area (Å²) in [6.45, 7) is 3.50. The Labute approximate surface area is 78.0 Å². The lowest BCUT2D eigenvalue weighted by molar-refractivity contribution is -0.131. The van der Waals surface area contributed by atoms with Crippen LogP contribution in [0.15, 0.2) is 12.7 Å². The SMILES string of the molecule is C=CC(=O)N1C2CCC1CC(O)C2. The second kappa shape index (κ2) is 3.14. The van der Waals surface area contributed by atoms with E-state index in [4.69, 9.17) is 0 Å². The topological polar surface area (TPSA) is 40.5 Å². The molecule has 2 unspecified atom stereocenters. The Hall–Kier alpha value is -0.830. The highest BCUT2D eigenvalue weighted by Gasteiger charge is 2.41. The summed E-state index contributed by atoms with van der Waals surface area (Å²) in [6, 6.07) is 0.526. The van der Waals surface area contributed by atoms with Gasteiger partial charge in [0.25, 0.3) is 0 Å². The molecule has 72 valence electrons. The van der Waals surface area contributed by atoms with Crippen LogP contribution in [0.25, 0.3) is 0 Å². The molecule has 2 atom stereocenters. The van der Waals surface area contributed by atoms with Crippen LogP contribution in [0.2, 0.25) is 0 Å². The van der Waals surface area contributed by atoms with E-state index in [1.807, 2.05) is 4.90 Å². The van der Waals surface area contributed by atoms with Crippen LogP contribution < -0.4 is 0 Å². The molecule has 13 heavy (non-hydrogen) atoms. The van der Waals surface area contributed by atoms with Crippen molar-refractivity contribution >= 4 is 5.91 Å². The molecule has 2 saturated heterocycles. The largest absolute Gasteiger partial charge is 0.393 e. The van der Waals surface area contributed by atoms with Gasteiger partial charge in [-0.2, -0.15) is 0 Å². The Morgan fingerprint density at radius 2 is 1.92 bits per heavy atom. The summed E-state index contributed by atoms with van der Waals surface area (Å²) in [6.07, 6.45) is 4.75. The van der Waals surface area contributed by atoms with Gasteiger partial charge in [0.2, 0.25) is 5.91 Å². The predicted molar refractivity (Wildman–Crippen MR) is 49.1 cm³/mol. The van der Waals surface area contributed by atoms with Crippen LogP contribution in [0, 0.1) is 0 Å². The highest BCUT2D eigenvalue weighted by atomic mass is 16.3. The summed E-state index contributed by atoms with van der Waals surface area (Å²) in [7, 11) is 0. The average Bonchev–Trinajstić information content (AvgIpc) is 2.37. The number of piperidine rings is 1. The van der Waals surface area contributed by atoms with Crippen LogP contribution in [-0.4, -0.2) is 34.1 Å². The second-order valence-electron chi connectivity index (χ2n) is 3.96. The lowest BCUT2D eigenvalue weighted by Crippen LogP contribution is -2.47. The number of carbonyl (C=O) groups excluding carboxylic acids is 1. The first-order chi connectivity index (χ1) is 6.22. The summed E-state index contributed by atoms with van der Waals surface area (Å²) >= 11 is 0. The molecule has 1 amide bonds. The number of aliphatic hydroxyl groups is 1. The molecule has 2 bridgehead atoms. The molecule has 2 aliphatic rings. The molecular formula is C10H15NO2. The van der Waals surface area contributed by atoms with Crippen molar-refractivity contribution in [2.24, 2.45) is 0 Å². The van der Waals surface area contributed by atoms with E-state index >= 15 is 0 Å². The van der Waals surface area contributed by atoms with Gasteiger partial charge in [0.05, 0.1) is 6.10 Å². The normalized spacial score (nSPS) is 37.6. The number of hydrogen-bond acceptors (Lipinski definition) is 2. The maximum absolute atomic E-state index is 11.5. The molecule has 0 spiro atoms. The average molecular weight is 181 g/mol. The summed E-state index contributed by atoms with van der Waals surface area (Å²) < 4.78 is 0. The van der Waals surface area contributed by atoms with Crippen LogP contribution >= 0.6 is 0 Å². The number of hydrogen-bond donors (Lipinski definition) is 1. The van der Waals surface area contributed by atoms with Crippen molar-refractivity contribution in [1.29, 1.82) is 0 Å². The third-order valence-corrected chi connectivity index (χ3v) is 3.14. The van der Waals surface area contributed by atoms with Gasteiger partial charge in [-0.05, 0) is 31.8 Å². The van der Waals surface area contributed by atoms with Crippen LogP contribution in [0.4, 0.5) is 0 Å². The van der Waals surface area contributed by atoms with Crippen molar-refractivity contribution in [3.05, 3.63) is 12.7 Å². The van der Waals surface area contributed by atoms with Crippen molar-refractivity contribution in [2.45, 2.75) is 43.9 Å². The number of nitrogens with zero attached hydrogens (tertiary/aromatic N) is 1. The first-order valence-electron chi connectivity index (χ1n) is 4.85. The lowest BCUT2D eigenvalue weighted by Gasteiger charge is -2.36. The third kappa shape index (κ3) is 1.37. The minimum atomic E-state index is -0.202. The molecule has 0 aromatic rings. The van der Waals surface area contributed by atoms with Crippen molar-refractivity contribution in [1.82, 2.24) is 4.90 Å². The molecule has 0 saturated carbocycles. The standard InChI is InChI=1S/C10H15NO2/c1-2-10(13)11-7-3-4-8(11)6-9(12)5-7/h2,7-9,12H,1,3-6H2. The van der Waals surface area contributed by atoms with Gasteiger partial charge in [0, 0.05) is 12.1 Å². The van der Waals surface area contributed by atoms with Gasteiger partial charge in [0.1, 0.15) is 0 Å². The Morgan fingerprint density at radius 1 is 1.38 bits per heavy atom. The molecule has 0 radical (unpaired) electrons. The number of amides is 1. The van der Waals surface area contributed by atoms with E-state index in [1.54, 1.807) is 0 Å².